The first-order valence-electron chi connectivity index (χ1n) is 13.7. The van der Waals surface area contributed by atoms with Gasteiger partial charge in [0, 0.05) is 0 Å². The van der Waals surface area contributed by atoms with Crippen LogP contribution in [0.25, 0.3) is 10.5 Å². The average Bonchev–Trinajstić information content (AvgIpc) is 3.52. The van der Waals surface area contributed by atoms with E-state index in [2.05, 4.69) is 28.7 Å². The third-order valence-electron chi connectivity index (χ3n) is 9.10. The fourth-order valence-electron chi connectivity index (χ4n) is 6.75. The second kappa shape index (κ2) is 9.51. The summed E-state index contributed by atoms with van der Waals surface area (Å²) in [6.45, 7) is 11.1. The van der Waals surface area contributed by atoms with Gasteiger partial charge in [0.1, 0.15) is 0 Å². The first-order valence-corrected chi connectivity index (χ1v) is 24.3. The van der Waals surface area contributed by atoms with E-state index in [1.165, 1.54) is 38.5 Å². The van der Waals surface area contributed by atoms with Gasteiger partial charge in [-0.3, -0.25) is 0 Å². The summed E-state index contributed by atoms with van der Waals surface area (Å²) in [4.78, 5) is 13.1. The van der Waals surface area contributed by atoms with E-state index < -0.39 is 28.9 Å². The van der Waals surface area contributed by atoms with Gasteiger partial charge in [0.05, 0.1) is 5.69 Å². The molecule has 1 aromatic carbocycles. The molecule has 1 aliphatic carbocycles. The Morgan fingerprint density at radius 3 is 2.58 bits per heavy atom. The molecular formula is C30H41F2N4SSb. The number of hydrogen-bond acceptors (Lipinski definition) is 5. The Morgan fingerprint density at radius 2 is 1.97 bits per heavy atom. The molecule has 0 radical (unpaired) electrons. The number of aromatic nitrogens is 2. The minimum absolute atomic E-state index is 0.0250. The molecule has 3 heterocycles. The van der Waals surface area contributed by atoms with Gasteiger partial charge < -0.3 is 5.73 Å². The third kappa shape index (κ3) is 5.26. The van der Waals surface area contributed by atoms with Crippen LogP contribution in [0.15, 0.2) is 41.9 Å². The molecule has 1 atom stereocenters. The van der Waals surface area contributed by atoms with Crippen molar-refractivity contribution in [1.82, 2.24) is 9.97 Å². The van der Waals surface area contributed by atoms with Gasteiger partial charge in [0.15, 0.2) is 0 Å². The van der Waals surface area contributed by atoms with E-state index in [1.54, 1.807) is 41.9 Å². The van der Waals surface area contributed by atoms with Crippen molar-refractivity contribution in [2.45, 2.75) is 81.0 Å². The second-order valence-electron chi connectivity index (χ2n) is 13.1. The summed E-state index contributed by atoms with van der Waals surface area (Å²) in [6, 6.07) is 7.25. The summed E-state index contributed by atoms with van der Waals surface area (Å²) in [5.74, 6) is 0.0745. The monoisotopic (exact) mass is 648 g/mol. The number of benzene rings is 1. The summed E-state index contributed by atoms with van der Waals surface area (Å²) < 4.78 is 36.6. The number of allylic oxidation sites excluding steroid dienone is 2. The Morgan fingerprint density at radius 1 is 1.29 bits per heavy atom. The van der Waals surface area contributed by atoms with Gasteiger partial charge in [-0.1, -0.05) is 13.0 Å². The van der Waals surface area contributed by atoms with Gasteiger partial charge >= 0.3 is 179 Å². The van der Waals surface area contributed by atoms with Crippen molar-refractivity contribution in [2.24, 2.45) is 11.3 Å². The minimum Gasteiger partial charge on any atom is -0.239 e. The molecule has 2 aromatic rings. The number of rotatable bonds is 9. The fraction of sp³-hybridized carbons (Fsp3) is 0.533. The zero-order chi connectivity index (χ0) is 27.5. The fourth-order valence-corrected chi connectivity index (χ4v) is 33.5. The molecule has 2 spiro atoms. The summed E-state index contributed by atoms with van der Waals surface area (Å²) in [5.41, 5.74) is 6.81. The topological polar surface area (TPSA) is 63.8 Å². The molecule has 0 bridgehead atoms. The van der Waals surface area contributed by atoms with Crippen molar-refractivity contribution < 1.29 is 8.78 Å². The normalized spacial score (nSPS) is 27.3. The number of nitrogens with one attached hydrogen (secondary N) is 1. The van der Waals surface area contributed by atoms with Gasteiger partial charge in [-0.05, 0) is 19.9 Å². The van der Waals surface area contributed by atoms with Gasteiger partial charge in [-0.2, -0.15) is 0 Å². The Hall–Kier alpha value is -1.59. The quantitative estimate of drug-likeness (QED) is 0.210. The Labute approximate surface area is 231 Å². The smallest absolute Gasteiger partial charge is 0.239 e. The van der Waals surface area contributed by atoms with E-state index in [9.17, 15) is 4.39 Å². The molecule has 2 aliphatic heterocycles. The molecule has 3 fully saturated rings. The number of nitrogens with two attached hydrogens (primary N) is 1. The molecule has 0 amide bonds. The zero-order valence-electron chi connectivity index (χ0n) is 23.3. The van der Waals surface area contributed by atoms with E-state index in [-0.39, 0.29) is 11.6 Å². The van der Waals surface area contributed by atoms with Gasteiger partial charge in [0.2, 0.25) is 0 Å². The third-order valence-corrected chi connectivity index (χ3v) is 27.4. The molecule has 206 valence electrons. The molecule has 3 aliphatic rings. The standard InChI is InChI=1S/C27H34F2N4S.C2H4.CH3.Sb/c1-8-16(2)22(19-10-9-11-20(30)23(19)28)24(34-17(3)27(6,7)29)21-12-13-31-25(33-21)32-18-14-26(4,5)15-18;1-2;;/h9-13,16,18H,3-5,8,14-15,30H2,1-2,6-7H3,(H,31,32,33);1-2H2;1H3;/b24-22+;;;. The van der Waals surface area contributed by atoms with E-state index in [4.69, 9.17) is 10.7 Å². The number of alkyl halides is 1. The number of anilines is 2. The van der Waals surface area contributed by atoms with Crippen molar-refractivity contribution in [1.29, 1.82) is 0 Å². The van der Waals surface area contributed by atoms with Crippen LogP contribution in [0, 0.1) is 17.2 Å². The summed E-state index contributed by atoms with van der Waals surface area (Å²) in [6.07, 6.45) is 4.90. The SMILES string of the molecule is C=C(S/C(=C(/c1cccc(N)c1F)C(C)CC)c1ccnc(NC2CC3(C2)[CH2][Sb]2([CH3])([CH2][CH2]2)[CH2]3)n1)C(C)(C)F. The van der Waals surface area contributed by atoms with E-state index in [0.29, 0.717) is 38.5 Å². The Bertz CT molecular complexity index is 1300. The summed E-state index contributed by atoms with van der Waals surface area (Å²) >= 11 is -0.726. The minimum atomic E-state index is -1.95. The molecule has 38 heavy (non-hydrogen) atoms. The first kappa shape index (κ1) is 28.0. The average molecular weight is 650 g/mol. The maximum atomic E-state index is 15.4. The molecule has 5 rings (SSSR count). The van der Waals surface area contributed by atoms with Crippen molar-refractivity contribution in [3.8, 4) is 0 Å². The summed E-state index contributed by atoms with van der Waals surface area (Å²) in [7, 11) is 0. The van der Waals surface area contributed by atoms with Crippen LogP contribution in [-0.2, 0) is 0 Å². The summed E-state index contributed by atoms with van der Waals surface area (Å²) in [5, 5.41) is 3.56. The maximum absolute atomic E-state index is 15.4. The van der Waals surface area contributed by atoms with Crippen LogP contribution in [0.5, 0.6) is 0 Å². The predicted octanol–water partition coefficient (Wildman–Crippen LogP) is 8.73. The Balaban J connectivity index is 1.48. The molecule has 1 unspecified atom stereocenters. The zero-order valence-corrected chi connectivity index (χ0v) is 26.7. The van der Waals surface area contributed by atoms with E-state index in [1.807, 2.05) is 13.0 Å². The molecule has 2 saturated heterocycles. The number of halogens is 2. The molecule has 1 aromatic heterocycles. The van der Waals surface area contributed by atoms with Crippen LogP contribution in [0.4, 0.5) is 20.4 Å². The van der Waals surface area contributed by atoms with E-state index >= 15 is 4.39 Å². The number of nitrogens with zero attached hydrogens (tertiary/aromatic N) is 2. The molecule has 4 nitrogen and oxygen atoms in total. The van der Waals surface area contributed by atoms with Crippen LogP contribution in [0.2, 0.25) is 22.3 Å². The number of thioether (sulfide) groups is 1. The number of nitrogen functional groups attached to an aromatic ring is 1. The molecule has 8 heteroatoms. The van der Waals surface area contributed by atoms with Crippen LogP contribution in [0.1, 0.15) is 58.2 Å². The predicted molar refractivity (Wildman–Crippen MR) is 161 cm³/mol. The second-order valence-corrected chi connectivity index (χ2v) is 33.5. The van der Waals surface area contributed by atoms with Crippen molar-refractivity contribution in [3.05, 3.63) is 59.0 Å². The van der Waals surface area contributed by atoms with Crippen molar-refractivity contribution in [3.63, 3.8) is 0 Å². The van der Waals surface area contributed by atoms with Crippen LogP contribution in [-0.4, -0.2) is 39.1 Å². The van der Waals surface area contributed by atoms with Gasteiger partial charge in [-0.25, -0.2) is 8.78 Å². The van der Waals surface area contributed by atoms with Crippen LogP contribution >= 0.6 is 11.8 Å². The van der Waals surface area contributed by atoms with Crippen LogP contribution < -0.4 is 11.1 Å². The molecule has 3 N–H and O–H groups in total. The Kier molecular flexibility index (Phi) is 6.99. The van der Waals surface area contributed by atoms with Gasteiger partial charge in [0.25, 0.3) is 0 Å². The van der Waals surface area contributed by atoms with E-state index in [0.717, 1.165) is 12.0 Å². The number of hydrogen-bond donors (Lipinski definition) is 2. The van der Waals surface area contributed by atoms with Gasteiger partial charge in [-0.15, -0.1) is 0 Å². The first-order chi connectivity index (χ1) is 17.7. The van der Waals surface area contributed by atoms with Crippen molar-refractivity contribution in [2.75, 3.05) is 11.1 Å². The van der Waals surface area contributed by atoms with Crippen molar-refractivity contribution >= 4 is 51.3 Å². The van der Waals surface area contributed by atoms with Crippen LogP contribution in [0.3, 0.4) is 0 Å². The molecule has 1 saturated carbocycles. The molecular weight excluding hydrogens is 608 g/mol.